The van der Waals surface area contributed by atoms with Gasteiger partial charge in [-0.1, -0.05) is 12.8 Å². The van der Waals surface area contributed by atoms with Crippen molar-refractivity contribution < 1.29 is 4.74 Å². The van der Waals surface area contributed by atoms with E-state index in [1.54, 1.807) is 0 Å². The predicted octanol–water partition coefficient (Wildman–Crippen LogP) is 3.22. The molecule has 5 heteroatoms. The lowest BCUT2D eigenvalue weighted by Gasteiger charge is -2.23. The van der Waals surface area contributed by atoms with Crippen molar-refractivity contribution in [3.05, 3.63) is 26.3 Å². The topological polar surface area (TPSA) is 55.0 Å². The van der Waals surface area contributed by atoms with Crippen LogP contribution in [0.4, 0.5) is 0 Å². The van der Waals surface area contributed by atoms with Crippen LogP contribution in [-0.4, -0.2) is 16.6 Å². The Morgan fingerprint density at radius 2 is 2.11 bits per heavy atom. The van der Waals surface area contributed by atoms with Crippen LogP contribution in [0.15, 0.2) is 9.27 Å². The van der Waals surface area contributed by atoms with E-state index in [1.165, 1.54) is 12.8 Å². The molecule has 0 bridgehead atoms. The third kappa shape index (κ3) is 2.38. The number of aromatic nitrogens is 2. The van der Waals surface area contributed by atoms with Crippen LogP contribution in [0.5, 0.6) is 0 Å². The van der Waals surface area contributed by atoms with Crippen molar-refractivity contribution in [2.24, 2.45) is 0 Å². The molecule has 1 N–H and O–H groups in total. The predicted molar refractivity (Wildman–Crippen MR) is 76.3 cm³/mol. The van der Waals surface area contributed by atoms with Gasteiger partial charge in [0, 0.05) is 12.5 Å². The van der Waals surface area contributed by atoms with Gasteiger partial charge in [-0.2, -0.15) is 0 Å². The van der Waals surface area contributed by atoms with E-state index in [0.29, 0.717) is 16.2 Å². The molecule has 0 aromatic carbocycles. The van der Waals surface area contributed by atoms with Crippen LogP contribution in [0.2, 0.25) is 0 Å². The number of hydrogen-bond donors (Lipinski definition) is 1. The summed E-state index contributed by atoms with van der Waals surface area (Å²) in [5.74, 6) is 1.11. The van der Waals surface area contributed by atoms with Crippen molar-refractivity contribution in [3.8, 4) is 0 Å². The molecule has 2 heterocycles. The lowest BCUT2D eigenvalue weighted by Crippen LogP contribution is -2.29. The third-order valence-electron chi connectivity index (χ3n) is 4.35. The van der Waals surface area contributed by atoms with Crippen molar-refractivity contribution in [1.29, 1.82) is 0 Å². The quantitative estimate of drug-likeness (QED) is 0.907. The molecule has 2 fully saturated rings. The number of hydrogen-bond acceptors (Lipinski definition) is 3. The van der Waals surface area contributed by atoms with Gasteiger partial charge >= 0.3 is 0 Å². The Hall–Kier alpha value is -0.680. The Morgan fingerprint density at radius 1 is 1.37 bits per heavy atom. The number of nitrogens with one attached hydrogen (secondary N) is 1. The number of rotatable bonds is 2. The summed E-state index contributed by atoms with van der Waals surface area (Å²) in [6, 6.07) is 0. The van der Waals surface area contributed by atoms with Crippen molar-refractivity contribution in [2.75, 3.05) is 6.61 Å². The molecule has 1 aromatic rings. The number of aromatic amines is 1. The van der Waals surface area contributed by atoms with E-state index >= 15 is 0 Å². The largest absolute Gasteiger partial charge is 0.367 e. The molecular weight excluding hydrogens is 308 g/mol. The fourth-order valence-electron chi connectivity index (χ4n) is 3.16. The Labute approximate surface area is 121 Å². The highest BCUT2D eigenvalue weighted by molar-refractivity contribution is 9.10. The second kappa shape index (κ2) is 5.02. The maximum absolute atomic E-state index is 12.1. The first-order valence-corrected chi connectivity index (χ1v) is 7.83. The molecule has 0 spiro atoms. The molecule has 1 aliphatic heterocycles. The van der Waals surface area contributed by atoms with Gasteiger partial charge in [-0.05, 0) is 48.5 Å². The molecule has 104 valence electrons. The van der Waals surface area contributed by atoms with Crippen molar-refractivity contribution in [3.63, 3.8) is 0 Å². The lowest BCUT2D eigenvalue weighted by molar-refractivity contribution is 0.00885. The summed E-state index contributed by atoms with van der Waals surface area (Å²) in [5.41, 5.74) is 0.421. The van der Waals surface area contributed by atoms with Gasteiger partial charge in [-0.15, -0.1) is 0 Å². The fourth-order valence-corrected chi connectivity index (χ4v) is 3.67. The van der Waals surface area contributed by atoms with Gasteiger partial charge in [0.25, 0.3) is 5.56 Å². The highest BCUT2D eigenvalue weighted by Gasteiger charge is 2.36. The summed E-state index contributed by atoms with van der Waals surface area (Å²) in [5, 5.41) is 0. The van der Waals surface area contributed by atoms with Crippen LogP contribution in [0, 0.1) is 0 Å². The Kier molecular flexibility index (Phi) is 3.52. The van der Waals surface area contributed by atoms with Crippen LogP contribution in [0.25, 0.3) is 0 Å². The normalized spacial score (nSPS) is 28.1. The molecule has 0 amide bonds. The van der Waals surface area contributed by atoms with Crippen LogP contribution in [-0.2, 0) is 10.3 Å². The second-order valence-electron chi connectivity index (χ2n) is 5.78. The molecular formula is C14H19BrN2O2. The van der Waals surface area contributed by atoms with Crippen LogP contribution >= 0.6 is 15.9 Å². The maximum Gasteiger partial charge on any atom is 0.265 e. The van der Waals surface area contributed by atoms with E-state index in [9.17, 15) is 4.79 Å². The van der Waals surface area contributed by atoms with E-state index in [-0.39, 0.29) is 5.56 Å². The summed E-state index contributed by atoms with van der Waals surface area (Å²) >= 11 is 3.40. The van der Waals surface area contributed by atoms with Crippen molar-refractivity contribution in [1.82, 2.24) is 9.97 Å². The molecule has 1 aliphatic carbocycles. The first-order chi connectivity index (χ1) is 9.10. The summed E-state index contributed by atoms with van der Waals surface area (Å²) in [7, 11) is 0. The van der Waals surface area contributed by atoms with Gasteiger partial charge in [0.2, 0.25) is 0 Å². The molecule has 3 rings (SSSR count). The van der Waals surface area contributed by atoms with E-state index in [1.807, 2.05) is 6.92 Å². The fraction of sp³-hybridized carbons (Fsp3) is 0.714. The summed E-state index contributed by atoms with van der Waals surface area (Å²) < 4.78 is 6.39. The van der Waals surface area contributed by atoms with Crippen LogP contribution in [0.3, 0.4) is 0 Å². The Morgan fingerprint density at radius 3 is 2.74 bits per heavy atom. The smallest absolute Gasteiger partial charge is 0.265 e. The van der Waals surface area contributed by atoms with E-state index in [4.69, 9.17) is 9.72 Å². The van der Waals surface area contributed by atoms with E-state index < -0.39 is 5.60 Å². The summed E-state index contributed by atoms with van der Waals surface area (Å²) in [6.07, 6.45) is 6.66. The molecule has 1 aromatic heterocycles. The number of nitrogens with zero attached hydrogens (tertiary/aromatic N) is 1. The Balaban J connectivity index is 2.04. The lowest BCUT2D eigenvalue weighted by atomic mass is 10.00. The van der Waals surface area contributed by atoms with Gasteiger partial charge in [0.05, 0.1) is 5.69 Å². The van der Waals surface area contributed by atoms with E-state index in [2.05, 4.69) is 20.9 Å². The zero-order valence-corrected chi connectivity index (χ0v) is 12.8. The zero-order valence-electron chi connectivity index (χ0n) is 11.2. The summed E-state index contributed by atoms with van der Waals surface area (Å²) in [6.45, 7) is 2.76. The van der Waals surface area contributed by atoms with Gasteiger partial charge in [0.15, 0.2) is 0 Å². The van der Waals surface area contributed by atoms with Crippen molar-refractivity contribution >= 4 is 15.9 Å². The molecule has 1 atom stereocenters. The molecule has 4 nitrogen and oxygen atoms in total. The van der Waals surface area contributed by atoms with Crippen LogP contribution in [0.1, 0.15) is 62.9 Å². The summed E-state index contributed by atoms with van der Waals surface area (Å²) in [4.78, 5) is 19.7. The van der Waals surface area contributed by atoms with Gasteiger partial charge < -0.3 is 9.72 Å². The number of halogens is 1. The molecule has 2 aliphatic rings. The van der Waals surface area contributed by atoms with Gasteiger partial charge in [-0.3, -0.25) is 4.79 Å². The Bertz CT molecular complexity index is 529. The molecule has 1 saturated heterocycles. The highest BCUT2D eigenvalue weighted by Crippen LogP contribution is 2.38. The zero-order chi connectivity index (χ0) is 13.5. The minimum absolute atomic E-state index is 0.0800. The maximum atomic E-state index is 12.1. The number of ether oxygens (including phenoxy) is 1. The monoisotopic (exact) mass is 326 g/mol. The SMILES string of the molecule is CC1(c2nc(C3CCCC3)c(Br)c(=O)[nH]2)CCCO1. The molecule has 19 heavy (non-hydrogen) atoms. The highest BCUT2D eigenvalue weighted by atomic mass is 79.9. The first-order valence-electron chi connectivity index (χ1n) is 7.04. The first kappa shape index (κ1) is 13.3. The molecule has 1 saturated carbocycles. The van der Waals surface area contributed by atoms with Crippen LogP contribution < -0.4 is 5.56 Å². The average molecular weight is 327 g/mol. The minimum Gasteiger partial charge on any atom is -0.367 e. The standard InChI is InChI=1S/C14H19BrN2O2/c1-14(7-4-8-19-14)13-16-11(9-5-2-3-6-9)10(15)12(18)17-13/h9H,2-8H2,1H3,(H,16,17,18). The minimum atomic E-state index is -0.423. The molecule has 0 radical (unpaired) electrons. The van der Waals surface area contributed by atoms with Crippen molar-refractivity contribution in [2.45, 2.75) is 57.0 Å². The second-order valence-corrected chi connectivity index (χ2v) is 6.57. The third-order valence-corrected chi connectivity index (χ3v) is 5.12. The number of H-pyrrole nitrogens is 1. The molecule has 1 unspecified atom stereocenters. The van der Waals surface area contributed by atoms with Gasteiger partial charge in [0.1, 0.15) is 15.9 Å². The van der Waals surface area contributed by atoms with E-state index in [0.717, 1.165) is 38.0 Å². The van der Waals surface area contributed by atoms with Gasteiger partial charge in [-0.25, -0.2) is 4.98 Å². The average Bonchev–Trinajstić information content (AvgIpc) is 3.04.